The van der Waals surface area contributed by atoms with Gasteiger partial charge in [-0.3, -0.25) is 9.78 Å². The first kappa shape index (κ1) is 17.3. The second-order valence-electron chi connectivity index (χ2n) is 6.60. The lowest BCUT2D eigenvalue weighted by atomic mass is 10.1. The van der Waals surface area contributed by atoms with E-state index in [0.29, 0.717) is 31.3 Å². The normalized spacial score (nSPS) is 17.7. The molecule has 3 rings (SSSR count). The number of pyridine rings is 1. The van der Waals surface area contributed by atoms with E-state index in [0.717, 1.165) is 17.7 Å². The number of ether oxygens (including phenoxy) is 1. The molecule has 2 aromatic heterocycles. The summed E-state index contributed by atoms with van der Waals surface area (Å²) in [6.45, 7) is 5.66. The maximum atomic E-state index is 12.9. The van der Waals surface area contributed by atoms with Crippen LogP contribution in [0.15, 0.2) is 30.6 Å². The summed E-state index contributed by atoms with van der Waals surface area (Å²) in [7, 11) is 0. The van der Waals surface area contributed by atoms with Crippen LogP contribution >= 0.6 is 0 Å². The molecule has 25 heavy (non-hydrogen) atoms. The lowest BCUT2D eigenvalue weighted by Gasteiger charge is -2.32. The van der Waals surface area contributed by atoms with E-state index in [4.69, 9.17) is 10.5 Å². The number of nitrogen functional groups attached to an aromatic ring is 1. The molecule has 0 spiro atoms. The average molecular weight is 341 g/mol. The van der Waals surface area contributed by atoms with E-state index < -0.39 is 0 Å². The Morgan fingerprint density at radius 3 is 3.00 bits per heavy atom. The van der Waals surface area contributed by atoms with E-state index in [-0.39, 0.29) is 18.0 Å². The second kappa shape index (κ2) is 7.57. The number of hydrogen-bond donors (Lipinski definition) is 1. The molecular weight excluding hydrogens is 318 g/mol. The Balaban J connectivity index is 1.77. The standard InChI is InChI=1S/C18H23N5O2/c1-12(2)8-14-9-15(22-18(19)21-14)17(24)23-6-7-25-16(11-23)13-4-3-5-20-10-13/h3-5,9-10,12,16H,6-8,11H2,1-2H3,(H2,19,21,22)/t16-/m1/s1. The molecule has 132 valence electrons. The first-order valence-corrected chi connectivity index (χ1v) is 8.47. The molecule has 0 bridgehead atoms. The number of carbonyl (C=O) groups is 1. The monoisotopic (exact) mass is 341 g/mol. The van der Waals surface area contributed by atoms with Crippen LogP contribution in [0.4, 0.5) is 5.95 Å². The van der Waals surface area contributed by atoms with Crippen LogP contribution in [0.3, 0.4) is 0 Å². The van der Waals surface area contributed by atoms with E-state index >= 15 is 0 Å². The molecule has 1 amide bonds. The van der Waals surface area contributed by atoms with Gasteiger partial charge in [0.05, 0.1) is 13.2 Å². The van der Waals surface area contributed by atoms with Crippen molar-refractivity contribution >= 4 is 11.9 Å². The number of nitrogens with zero attached hydrogens (tertiary/aromatic N) is 4. The largest absolute Gasteiger partial charge is 0.370 e. The van der Waals surface area contributed by atoms with Crippen LogP contribution in [0.1, 0.15) is 41.7 Å². The van der Waals surface area contributed by atoms with Crippen LogP contribution < -0.4 is 5.73 Å². The second-order valence-corrected chi connectivity index (χ2v) is 6.60. The number of nitrogens with two attached hydrogens (primary N) is 1. The lowest BCUT2D eigenvalue weighted by Crippen LogP contribution is -2.42. The number of carbonyl (C=O) groups excluding carboxylic acids is 1. The molecule has 7 nitrogen and oxygen atoms in total. The van der Waals surface area contributed by atoms with Crippen molar-refractivity contribution in [2.45, 2.75) is 26.4 Å². The van der Waals surface area contributed by atoms with Gasteiger partial charge in [-0.25, -0.2) is 9.97 Å². The highest BCUT2D eigenvalue weighted by Crippen LogP contribution is 2.22. The lowest BCUT2D eigenvalue weighted by molar-refractivity contribution is -0.0231. The summed E-state index contributed by atoms with van der Waals surface area (Å²) in [6.07, 6.45) is 4.06. The number of hydrogen-bond acceptors (Lipinski definition) is 6. The molecule has 0 radical (unpaired) electrons. The van der Waals surface area contributed by atoms with Crippen LogP contribution in [0.2, 0.25) is 0 Å². The third-order valence-corrected chi connectivity index (χ3v) is 4.04. The van der Waals surface area contributed by atoms with Crippen molar-refractivity contribution in [3.05, 3.63) is 47.5 Å². The molecule has 7 heteroatoms. The Labute approximate surface area is 147 Å². The summed E-state index contributed by atoms with van der Waals surface area (Å²) in [5, 5.41) is 0. The van der Waals surface area contributed by atoms with Crippen molar-refractivity contribution < 1.29 is 9.53 Å². The number of morpholine rings is 1. The zero-order valence-corrected chi connectivity index (χ0v) is 14.6. The van der Waals surface area contributed by atoms with Crippen molar-refractivity contribution in [2.75, 3.05) is 25.4 Å². The molecule has 0 aromatic carbocycles. The van der Waals surface area contributed by atoms with E-state index in [1.165, 1.54) is 0 Å². The summed E-state index contributed by atoms with van der Waals surface area (Å²) in [5.41, 5.74) is 7.89. The fourth-order valence-electron chi connectivity index (χ4n) is 2.91. The molecule has 1 aliphatic heterocycles. The molecule has 1 atom stereocenters. The summed E-state index contributed by atoms with van der Waals surface area (Å²) in [6, 6.07) is 5.56. The van der Waals surface area contributed by atoms with Crippen molar-refractivity contribution in [1.29, 1.82) is 0 Å². The minimum absolute atomic E-state index is 0.138. The van der Waals surface area contributed by atoms with Gasteiger partial charge in [-0.2, -0.15) is 0 Å². The van der Waals surface area contributed by atoms with Gasteiger partial charge < -0.3 is 15.4 Å². The van der Waals surface area contributed by atoms with Gasteiger partial charge in [0.1, 0.15) is 11.8 Å². The summed E-state index contributed by atoms with van der Waals surface area (Å²) >= 11 is 0. The molecule has 1 saturated heterocycles. The molecule has 1 fully saturated rings. The average Bonchev–Trinajstić information content (AvgIpc) is 2.61. The van der Waals surface area contributed by atoms with Gasteiger partial charge in [0.2, 0.25) is 5.95 Å². The van der Waals surface area contributed by atoms with Crippen LogP contribution in [-0.2, 0) is 11.2 Å². The predicted molar refractivity (Wildman–Crippen MR) is 93.8 cm³/mol. The number of amides is 1. The van der Waals surface area contributed by atoms with Gasteiger partial charge in [-0.1, -0.05) is 19.9 Å². The van der Waals surface area contributed by atoms with Gasteiger partial charge in [0, 0.05) is 30.2 Å². The highest BCUT2D eigenvalue weighted by molar-refractivity contribution is 5.92. The molecular formula is C18H23N5O2. The Hall–Kier alpha value is -2.54. The minimum atomic E-state index is -0.180. The molecule has 0 unspecified atom stereocenters. The fraction of sp³-hybridized carbons (Fsp3) is 0.444. The number of anilines is 1. The quantitative estimate of drug-likeness (QED) is 0.912. The molecule has 0 saturated carbocycles. The highest BCUT2D eigenvalue weighted by atomic mass is 16.5. The van der Waals surface area contributed by atoms with Crippen molar-refractivity contribution in [3.63, 3.8) is 0 Å². The van der Waals surface area contributed by atoms with Gasteiger partial charge >= 0.3 is 0 Å². The smallest absolute Gasteiger partial charge is 0.272 e. The maximum absolute atomic E-state index is 12.9. The van der Waals surface area contributed by atoms with Gasteiger partial charge in [-0.15, -0.1) is 0 Å². The molecule has 1 aliphatic rings. The third-order valence-electron chi connectivity index (χ3n) is 4.04. The van der Waals surface area contributed by atoms with Gasteiger partial charge in [-0.05, 0) is 24.5 Å². The number of aromatic nitrogens is 3. The Kier molecular flexibility index (Phi) is 5.23. The summed E-state index contributed by atoms with van der Waals surface area (Å²) in [5.74, 6) is 0.422. The van der Waals surface area contributed by atoms with Crippen molar-refractivity contribution in [1.82, 2.24) is 19.9 Å². The van der Waals surface area contributed by atoms with Crippen LogP contribution in [0, 0.1) is 5.92 Å². The SMILES string of the molecule is CC(C)Cc1cc(C(=O)N2CCO[C@@H](c3cccnc3)C2)nc(N)n1. The zero-order chi connectivity index (χ0) is 17.8. The molecule has 2 N–H and O–H groups in total. The van der Waals surface area contributed by atoms with Crippen molar-refractivity contribution in [3.8, 4) is 0 Å². The highest BCUT2D eigenvalue weighted by Gasteiger charge is 2.27. The topological polar surface area (TPSA) is 94.2 Å². The molecule has 3 heterocycles. The number of rotatable bonds is 4. The predicted octanol–water partition coefficient (Wildman–Crippen LogP) is 1.87. The van der Waals surface area contributed by atoms with E-state index in [1.54, 1.807) is 23.4 Å². The van der Waals surface area contributed by atoms with E-state index in [9.17, 15) is 4.79 Å². The third kappa shape index (κ3) is 4.30. The maximum Gasteiger partial charge on any atom is 0.272 e. The van der Waals surface area contributed by atoms with E-state index in [1.807, 2.05) is 12.1 Å². The Morgan fingerprint density at radius 1 is 1.44 bits per heavy atom. The molecule has 2 aromatic rings. The van der Waals surface area contributed by atoms with Crippen LogP contribution in [-0.4, -0.2) is 45.5 Å². The van der Waals surface area contributed by atoms with Crippen LogP contribution in [0.5, 0.6) is 0 Å². The van der Waals surface area contributed by atoms with Crippen molar-refractivity contribution in [2.24, 2.45) is 5.92 Å². The first-order chi connectivity index (χ1) is 12.0. The molecule has 0 aliphatic carbocycles. The summed E-state index contributed by atoms with van der Waals surface area (Å²) < 4.78 is 5.79. The Bertz CT molecular complexity index is 736. The Morgan fingerprint density at radius 2 is 2.28 bits per heavy atom. The van der Waals surface area contributed by atoms with E-state index in [2.05, 4.69) is 28.8 Å². The first-order valence-electron chi connectivity index (χ1n) is 8.47. The zero-order valence-electron chi connectivity index (χ0n) is 14.6. The fourth-order valence-corrected chi connectivity index (χ4v) is 2.91. The van der Waals surface area contributed by atoms with Gasteiger partial charge in [0.15, 0.2) is 0 Å². The minimum Gasteiger partial charge on any atom is -0.370 e. The van der Waals surface area contributed by atoms with Crippen LogP contribution in [0.25, 0.3) is 0 Å². The van der Waals surface area contributed by atoms with Gasteiger partial charge in [0.25, 0.3) is 5.91 Å². The summed E-state index contributed by atoms with van der Waals surface area (Å²) in [4.78, 5) is 27.1.